The van der Waals surface area contributed by atoms with Gasteiger partial charge in [0.05, 0.1) is 29.2 Å². The highest BCUT2D eigenvalue weighted by Crippen LogP contribution is 2.68. The molecule has 1 N–H and O–H groups in total. The molecule has 0 aliphatic carbocycles. The highest BCUT2D eigenvalue weighted by Gasteiger charge is 2.76. The molecule has 1 aromatic rings. The molecule has 3 heterocycles. The Morgan fingerprint density at radius 2 is 1.90 bits per heavy atom. The van der Waals surface area contributed by atoms with Gasteiger partial charge < -0.3 is 19.8 Å². The van der Waals surface area contributed by atoms with E-state index in [9.17, 15) is 19.5 Å². The first-order valence-electron chi connectivity index (χ1n) is 13.9. The van der Waals surface area contributed by atoms with Crippen LogP contribution in [-0.2, 0) is 14.4 Å². The van der Waals surface area contributed by atoms with Gasteiger partial charge in [0.1, 0.15) is 6.04 Å². The Bertz CT molecular complexity index is 1080. The van der Waals surface area contributed by atoms with Crippen molar-refractivity contribution in [1.29, 1.82) is 0 Å². The lowest BCUT2D eigenvalue weighted by atomic mass is 9.70. The van der Waals surface area contributed by atoms with E-state index in [4.69, 9.17) is 0 Å². The van der Waals surface area contributed by atoms with Crippen molar-refractivity contribution in [1.82, 2.24) is 9.80 Å². The molecule has 0 saturated carbocycles. The van der Waals surface area contributed by atoms with Gasteiger partial charge in [-0.2, -0.15) is 0 Å². The number of likely N-dealkylation sites (tertiary alicyclic amines) is 1. The van der Waals surface area contributed by atoms with Crippen LogP contribution < -0.4 is 4.90 Å². The molecule has 0 radical (unpaired) electrons. The Morgan fingerprint density at radius 3 is 2.49 bits per heavy atom. The normalized spacial score (nSPS) is 29.7. The first-order chi connectivity index (χ1) is 18.8. The molecule has 9 heteroatoms. The molecule has 3 aliphatic rings. The van der Waals surface area contributed by atoms with E-state index in [1.54, 1.807) is 38.6 Å². The van der Waals surface area contributed by atoms with E-state index in [-0.39, 0.29) is 34.4 Å². The molecular formula is C30H40BrN3O4S. The molecule has 212 valence electrons. The molecule has 4 rings (SSSR count). The predicted octanol–water partition coefficient (Wildman–Crippen LogP) is 4.26. The largest absolute Gasteiger partial charge is 0.394 e. The second kappa shape index (κ2) is 12.6. The van der Waals surface area contributed by atoms with Gasteiger partial charge in [-0.3, -0.25) is 14.4 Å². The minimum absolute atomic E-state index is 0.0187. The molecule has 3 amide bonds. The zero-order chi connectivity index (χ0) is 28.3. The average Bonchev–Trinajstić information content (AvgIpc) is 3.54. The highest BCUT2D eigenvalue weighted by molar-refractivity contribution is 9.09. The number of alkyl halides is 1. The molecule has 3 fully saturated rings. The third kappa shape index (κ3) is 5.10. The molecule has 1 aromatic carbocycles. The maximum absolute atomic E-state index is 14.4. The Kier molecular flexibility index (Phi) is 9.65. The Labute approximate surface area is 244 Å². The quantitative estimate of drug-likeness (QED) is 0.264. The van der Waals surface area contributed by atoms with E-state index >= 15 is 0 Å². The number of para-hydroxylation sites is 1. The zero-order valence-corrected chi connectivity index (χ0v) is 25.3. The van der Waals surface area contributed by atoms with Gasteiger partial charge in [-0.05, 0) is 31.4 Å². The molecule has 0 aromatic heterocycles. The van der Waals surface area contributed by atoms with Crippen molar-refractivity contribution in [3.63, 3.8) is 0 Å². The summed E-state index contributed by atoms with van der Waals surface area (Å²) in [6.07, 6.45) is 6.33. The lowest BCUT2D eigenvalue weighted by Crippen LogP contribution is -2.58. The zero-order valence-electron chi connectivity index (χ0n) is 22.9. The third-order valence-electron chi connectivity index (χ3n) is 8.41. The smallest absolute Gasteiger partial charge is 0.247 e. The minimum atomic E-state index is -0.752. The third-order valence-corrected chi connectivity index (χ3v) is 11.6. The van der Waals surface area contributed by atoms with Crippen LogP contribution in [0.25, 0.3) is 0 Å². The first kappa shape index (κ1) is 29.9. The number of halogens is 1. The number of unbranched alkanes of at least 4 members (excludes halogenated alkanes) is 1. The lowest BCUT2D eigenvalue weighted by Gasteiger charge is -2.40. The fourth-order valence-corrected chi connectivity index (χ4v) is 10.2. The number of hydrogen-bond acceptors (Lipinski definition) is 5. The summed E-state index contributed by atoms with van der Waals surface area (Å²) in [6, 6.07) is 8.21. The van der Waals surface area contributed by atoms with Crippen molar-refractivity contribution in [2.24, 2.45) is 11.8 Å². The van der Waals surface area contributed by atoms with Gasteiger partial charge >= 0.3 is 0 Å². The minimum Gasteiger partial charge on any atom is -0.394 e. The number of rotatable bonds is 13. The van der Waals surface area contributed by atoms with Crippen LogP contribution >= 0.6 is 27.7 Å². The molecule has 3 unspecified atom stereocenters. The predicted molar refractivity (Wildman–Crippen MR) is 161 cm³/mol. The molecule has 1 spiro atoms. The van der Waals surface area contributed by atoms with E-state index in [0.29, 0.717) is 32.5 Å². The summed E-state index contributed by atoms with van der Waals surface area (Å²) in [6.45, 7) is 12.8. The molecule has 7 atom stereocenters. The molecule has 7 nitrogen and oxygen atoms in total. The number of hydrogen-bond donors (Lipinski definition) is 1. The van der Waals surface area contributed by atoms with Crippen LogP contribution in [0.5, 0.6) is 0 Å². The van der Waals surface area contributed by atoms with Crippen LogP contribution in [0.15, 0.2) is 55.6 Å². The van der Waals surface area contributed by atoms with Crippen LogP contribution in [0.1, 0.15) is 39.5 Å². The van der Waals surface area contributed by atoms with Gasteiger partial charge in [0.25, 0.3) is 0 Å². The summed E-state index contributed by atoms with van der Waals surface area (Å²) in [5, 5.41) is 10.2. The summed E-state index contributed by atoms with van der Waals surface area (Å²) in [7, 11) is 0. The van der Waals surface area contributed by atoms with Gasteiger partial charge in [0.2, 0.25) is 17.7 Å². The van der Waals surface area contributed by atoms with E-state index < -0.39 is 28.7 Å². The van der Waals surface area contributed by atoms with Crippen LogP contribution in [0.4, 0.5) is 5.69 Å². The average molecular weight is 619 g/mol. The van der Waals surface area contributed by atoms with Crippen LogP contribution in [0.3, 0.4) is 0 Å². The van der Waals surface area contributed by atoms with Crippen LogP contribution in [-0.4, -0.2) is 85.8 Å². The van der Waals surface area contributed by atoms with Gasteiger partial charge in [0.15, 0.2) is 0 Å². The number of carbonyl (C=O) groups excluding carboxylic acids is 3. The molecule has 3 aliphatic heterocycles. The second-order valence-electron chi connectivity index (χ2n) is 10.7. The fourth-order valence-electron chi connectivity index (χ4n) is 6.64. The Hall–Kier alpha value is -2.10. The molecule has 3 saturated heterocycles. The van der Waals surface area contributed by atoms with E-state index in [0.717, 1.165) is 18.5 Å². The SMILES string of the molecule is C=CCN(CCCC)C(=O)C1N([C@@H](CC)CO)C(=O)[C@@H]2[C@@H](C(=O)N(CC=C)c3ccccc3)[C@@H]3SC12CC3Br. The standard InChI is InChI=1S/C30H40BrN3O4S/c1-5-9-17-32(15-6-2)29(38)26-30-18-22(31)25(39-30)23(24(30)28(37)34(26)20(8-4)19-35)27(36)33(16-7-3)21-13-11-10-12-14-21/h6-7,10-14,20,22-26,35H,2-3,5,8-9,15-19H2,1,4H3/t20-,22?,23+,24-,25+,26?,30?/m0/s1. The van der Waals surface area contributed by atoms with E-state index in [2.05, 4.69) is 36.0 Å². The van der Waals surface area contributed by atoms with Crippen LogP contribution in [0, 0.1) is 11.8 Å². The second-order valence-corrected chi connectivity index (χ2v) is 13.4. The monoisotopic (exact) mass is 617 g/mol. The number of carbonyl (C=O) groups is 3. The Balaban J connectivity index is 1.80. The van der Waals surface area contributed by atoms with Gasteiger partial charge in [0, 0.05) is 35.4 Å². The van der Waals surface area contributed by atoms with Crippen molar-refractivity contribution in [3.05, 3.63) is 55.6 Å². The number of benzene rings is 1. The number of thioether (sulfide) groups is 1. The highest BCUT2D eigenvalue weighted by atomic mass is 79.9. The summed E-state index contributed by atoms with van der Waals surface area (Å²) >= 11 is 5.47. The Morgan fingerprint density at radius 1 is 1.21 bits per heavy atom. The van der Waals surface area contributed by atoms with Crippen molar-refractivity contribution in [3.8, 4) is 0 Å². The topological polar surface area (TPSA) is 81.2 Å². The number of nitrogens with zero attached hydrogens (tertiary/aromatic N) is 3. The summed E-state index contributed by atoms with van der Waals surface area (Å²) in [5.74, 6) is -1.67. The maximum atomic E-state index is 14.4. The first-order valence-corrected chi connectivity index (χ1v) is 15.7. The molecule has 39 heavy (non-hydrogen) atoms. The fraction of sp³-hybridized carbons (Fsp3) is 0.567. The number of amides is 3. The van der Waals surface area contributed by atoms with Gasteiger partial charge in [-0.25, -0.2) is 0 Å². The number of aliphatic hydroxyl groups is 1. The van der Waals surface area contributed by atoms with Crippen LogP contribution in [0.2, 0.25) is 0 Å². The molecular weight excluding hydrogens is 578 g/mol. The van der Waals surface area contributed by atoms with E-state index in [1.165, 1.54) is 0 Å². The van der Waals surface area contributed by atoms with Gasteiger partial charge in [-0.1, -0.05) is 66.5 Å². The maximum Gasteiger partial charge on any atom is 0.247 e. The number of anilines is 1. The van der Waals surface area contributed by atoms with Crippen molar-refractivity contribution < 1.29 is 19.5 Å². The van der Waals surface area contributed by atoms with Crippen molar-refractivity contribution in [2.45, 2.75) is 66.4 Å². The lowest BCUT2D eigenvalue weighted by molar-refractivity contribution is -0.145. The van der Waals surface area contributed by atoms with E-state index in [1.807, 2.05) is 37.3 Å². The summed E-state index contributed by atoms with van der Waals surface area (Å²) < 4.78 is -0.752. The molecule has 2 bridgehead atoms. The summed E-state index contributed by atoms with van der Waals surface area (Å²) in [4.78, 5) is 48.2. The summed E-state index contributed by atoms with van der Waals surface area (Å²) in [5.41, 5.74) is 0.754. The van der Waals surface area contributed by atoms with Crippen molar-refractivity contribution in [2.75, 3.05) is 31.1 Å². The van der Waals surface area contributed by atoms with Crippen molar-refractivity contribution >= 4 is 51.1 Å². The number of aliphatic hydroxyl groups excluding tert-OH is 1. The van der Waals surface area contributed by atoms with Gasteiger partial charge in [-0.15, -0.1) is 24.9 Å². The number of fused-ring (bicyclic) bond motifs is 1.